The van der Waals surface area contributed by atoms with E-state index in [0.717, 1.165) is 0 Å². The Kier molecular flexibility index (Phi) is 6.96. The highest BCUT2D eigenvalue weighted by Crippen LogP contribution is 2.08. The molecule has 2 unspecified atom stereocenters. The van der Waals surface area contributed by atoms with E-state index >= 15 is 0 Å². The van der Waals surface area contributed by atoms with Gasteiger partial charge in [0.1, 0.15) is 6.04 Å². The minimum Gasteiger partial charge on any atom is -0.481 e. The number of hydrogen-bond donors (Lipinski definition) is 3. The van der Waals surface area contributed by atoms with E-state index in [9.17, 15) is 14.4 Å². The quantitative estimate of drug-likeness (QED) is 0.548. The summed E-state index contributed by atoms with van der Waals surface area (Å²) in [5.74, 6) is -3.71. The van der Waals surface area contributed by atoms with Gasteiger partial charge in [0, 0.05) is 13.0 Å². The summed E-state index contributed by atoms with van der Waals surface area (Å²) in [5, 5.41) is 26.2. The zero-order valence-electron chi connectivity index (χ0n) is 10.5. The SMILES string of the molecule is CC(CN(CCCC(=O)O)C(C)C(=O)O)C(=O)O. The van der Waals surface area contributed by atoms with E-state index in [-0.39, 0.29) is 19.5 Å². The topological polar surface area (TPSA) is 115 Å². The summed E-state index contributed by atoms with van der Waals surface area (Å²) >= 11 is 0. The van der Waals surface area contributed by atoms with Crippen LogP contribution in [-0.2, 0) is 14.4 Å². The van der Waals surface area contributed by atoms with Gasteiger partial charge in [0.25, 0.3) is 0 Å². The summed E-state index contributed by atoms with van der Waals surface area (Å²) in [6.07, 6.45) is 0.226. The van der Waals surface area contributed by atoms with Gasteiger partial charge in [0.2, 0.25) is 0 Å². The monoisotopic (exact) mass is 261 g/mol. The summed E-state index contributed by atoms with van der Waals surface area (Å²) in [6, 6.07) is -0.833. The average Bonchev–Trinajstić information content (AvgIpc) is 2.25. The Bertz CT molecular complexity index is 317. The average molecular weight is 261 g/mol. The maximum absolute atomic E-state index is 10.9. The standard InChI is InChI=1S/C11H19NO6/c1-7(10(15)16)6-12(8(2)11(17)18)5-3-4-9(13)14/h7-8H,3-6H2,1-2H3,(H,13,14)(H,15,16)(H,17,18). The molecular weight excluding hydrogens is 242 g/mol. The fourth-order valence-electron chi connectivity index (χ4n) is 1.46. The Balaban J connectivity index is 4.47. The molecule has 18 heavy (non-hydrogen) atoms. The maximum atomic E-state index is 10.9. The third-order valence-electron chi connectivity index (χ3n) is 2.67. The zero-order chi connectivity index (χ0) is 14.3. The van der Waals surface area contributed by atoms with E-state index in [4.69, 9.17) is 15.3 Å². The zero-order valence-corrected chi connectivity index (χ0v) is 10.5. The third-order valence-corrected chi connectivity index (χ3v) is 2.67. The first-order valence-electron chi connectivity index (χ1n) is 5.67. The van der Waals surface area contributed by atoms with Gasteiger partial charge in [-0.15, -0.1) is 0 Å². The maximum Gasteiger partial charge on any atom is 0.320 e. The van der Waals surface area contributed by atoms with E-state index < -0.39 is 29.9 Å². The molecule has 0 fully saturated rings. The lowest BCUT2D eigenvalue weighted by atomic mass is 10.1. The van der Waals surface area contributed by atoms with Crippen molar-refractivity contribution in [2.45, 2.75) is 32.7 Å². The number of carboxylic acids is 3. The van der Waals surface area contributed by atoms with Crippen molar-refractivity contribution >= 4 is 17.9 Å². The molecule has 104 valence electrons. The summed E-state index contributed by atoms with van der Waals surface area (Å²) < 4.78 is 0. The number of nitrogens with zero attached hydrogens (tertiary/aromatic N) is 1. The summed E-state index contributed by atoms with van der Waals surface area (Å²) in [7, 11) is 0. The van der Waals surface area contributed by atoms with Crippen LogP contribution in [-0.4, -0.2) is 57.3 Å². The largest absolute Gasteiger partial charge is 0.481 e. The van der Waals surface area contributed by atoms with Crippen molar-refractivity contribution in [3.63, 3.8) is 0 Å². The normalized spacial score (nSPS) is 14.2. The minimum absolute atomic E-state index is 0.0652. The lowest BCUT2D eigenvalue weighted by Crippen LogP contribution is -2.43. The van der Waals surface area contributed by atoms with Gasteiger partial charge in [-0.2, -0.15) is 0 Å². The third kappa shape index (κ3) is 6.19. The lowest BCUT2D eigenvalue weighted by molar-refractivity contribution is -0.146. The minimum atomic E-state index is -1.05. The van der Waals surface area contributed by atoms with Gasteiger partial charge in [0.05, 0.1) is 5.92 Å². The van der Waals surface area contributed by atoms with Crippen LogP contribution >= 0.6 is 0 Å². The van der Waals surface area contributed by atoms with Crippen LogP contribution in [0.25, 0.3) is 0 Å². The highest BCUT2D eigenvalue weighted by atomic mass is 16.4. The van der Waals surface area contributed by atoms with Gasteiger partial charge in [-0.1, -0.05) is 6.92 Å². The molecule has 0 spiro atoms. The summed E-state index contributed by atoms with van der Waals surface area (Å²) in [5.41, 5.74) is 0. The summed E-state index contributed by atoms with van der Waals surface area (Å²) in [4.78, 5) is 33.5. The molecular formula is C11H19NO6. The number of aliphatic carboxylic acids is 3. The lowest BCUT2D eigenvalue weighted by Gasteiger charge is -2.27. The molecule has 0 aliphatic rings. The van der Waals surface area contributed by atoms with Crippen LogP contribution in [0.3, 0.4) is 0 Å². The molecule has 0 aliphatic carbocycles. The van der Waals surface area contributed by atoms with Crippen LogP contribution in [0.2, 0.25) is 0 Å². The molecule has 0 aromatic carbocycles. The number of carboxylic acid groups (broad SMARTS) is 3. The molecule has 0 radical (unpaired) electrons. The van der Waals surface area contributed by atoms with Gasteiger partial charge in [-0.3, -0.25) is 19.3 Å². The molecule has 2 atom stereocenters. The molecule has 0 heterocycles. The molecule has 0 aromatic heterocycles. The van der Waals surface area contributed by atoms with Crippen LogP contribution in [0.1, 0.15) is 26.7 Å². The van der Waals surface area contributed by atoms with Gasteiger partial charge >= 0.3 is 17.9 Å². The predicted octanol–water partition coefficient (Wildman–Crippen LogP) is 0.347. The molecule has 0 bridgehead atoms. The molecule has 3 N–H and O–H groups in total. The number of rotatable bonds is 9. The second kappa shape index (κ2) is 7.65. The van der Waals surface area contributed by atoms with Gasteiger partial charge in [-0.05, 0) is 19.9 Å². The number of carbonyl (C=O) groups is 3. The highest BCUT2D eigenvalue weighted by molar-refractivity contribution is 5.73. The van der Waals surface area contributed by atoms with Crippen LogP contribution in [0.15, 0.2) is 0 Å². The first-order valence-corrected chi connectivity index (χ1v) is 5.67. The Morgan fingerprint density at radius 2 is 1.61 bits per heavy atom. The second-order valence-corrected chi connectivity index (χ2v) is 4.25. The molecule has 7 nitrogen and oxygen atoms in total. The van der Waals surface area contributed by atoms with Gasteiger partial charge < -0.3 is 15.3 Å². The van der Waals surface area contributed by atoms with E-state index in [0.29, 0.717) is 6.42 Å². The molecule has 0 aromatic rings. The Morgan fingerprint density at radius 1 is 1.06 bits per heavy atom. The van der Waals surface area contributed by atoms with E-state index in [2.05, 4.69) is 0 Å². The number of hydrogen-bond acceptors (Lipinski definition) is 4. The molecule has 0 aliphatic heterocycles. The molecule has 0 saturated carbocycles. The van der Waals surface area contributed by atoms with Crippen molar-refractivity contribution in [2.75, 3.05) is 13.1 Å². The predicted molar refractivity (Wildman–Crippen MR) is 62.3 cm³/mol. The van der Waals surface area contributed by atoms with Crippen molar-refractivity contribution in [1.82, 2.24) is 4.90 Å². The van der Waals surface area contributed by atoms with E-state index in [1.54, 1.807) is 0 Å². The first-order chi connectivity index (χ1) is 8.25. The summed E-state index contributed by atoms with van der Waals surface area (Å²) in [6.45, 7) is 3.28. The van der Waals surface area contributed by atoms with Crippen molar-refractivity contribution in [2.24, 2.45) is 5.92 Å². The second-order valence-electron chi connectivity index (χ2n) is 4.25. The van der Waals surface area contributed by atoms with Gasteiger partial charge in [0.15, 0.2) is 0 Å². The Morgan fingerprint density at radius 3 is 2.00 bits per heavy atom. The fraction of sp³-hybridized carbons (Fsp3) is 0.727. The first kappa shape index (κ1) is 16.4. The molecule has 0 rings (SSSR count). The van der Waals surface area contributed by atoms with E-state index in [1.807, 2.05) is 0 Å². The van der Waals surface area contributed by atoms with Crippen LogP contribution in [0, 0.1) is 5.92 Å². The smallest absolute Gasteiger partial charge is 0.320 e. The Labute approximate surface area is 105 Å². The highest BCUT2D eigenvalue weighted by Gasteiger charge is 2.24. The molecule has 7 heteroatoms. The van der Waals surface area contributed by atoms with Crippen LogP contribution < -0.4 is 0 Å². The fourth-order valence-corrected chi connectivity index (χ4v) is 1.46. The Hall–Kier alpha value is -1.63. The van der Waals surface area contributed by atoms with Crippen molar-refractivity contribution in [1.29, 1.82) is 0 Å². The van der Waals surface area contributed by atoms with Crippen LogP contribution in [0.5, 0.6) is 0 Å². The van der Waals surface area contributed by atoms with E-state index in [1.165, 1.54) is 18.7 Å². The van der Waals surface area contributed by atoms with Crippen molar-refractivity contribution < 1.29 is 29.7 Å². The van der Waals surface area contributed by atoms with Crippen molar-refractivity contribution in [3.8, 4) is 0 Å². The van der Waals surface area contributed by atoms with Crippen molar-refractivity contribution in [3.05, 3.63) is 0 Å². The molecule has 0 amide bonds. The van der Waals surface area contributed by atoms with Crippen LogP contribution in [0.4, 0.5) is 0 Å². The molecule has 0 saturated heterocycles. The van der Waals surface area contributed by atoms with Gasteiger partial charge in [-0.25, -0.2) is 0 Å².